The van der Waals surface area contributed by atoms with Crippen LogP contribution in [0, 0.1) is 10.1 Å². The topological polar surface area (TPSA) is 197 Å². The van der Waals surface area contributed by atoms with E-state index in [9.17, 15) is 19.7 Å². The van der Waals surface area contributed by atoms with Crippen LogP contribution in [-0.4, -0.2) is 112 Å². The van der Waals surface area contributed by atoms with E-state index < -0.39 is 4.92 Å². The third-order valence-corrected chi connectivity index (χ3v) is 11.3. The Morgan fingerprint density at radius 2 is 1.00 bits per heavy atom. The van der Waals surface area contributed by atoms with Crippen LogP contribution in [0.15, 0.2) is 122 Å². The monoisotopic (exact) mass is 894 g/mol. The van der Waals surface area contributed by atoms with Crippen molar-refractivity contribution in [3.8, 4) is 46.3 Å². The average Bonchev–Trinajstić information content (AvgIpc) is 4.03. The van der Waals surface area contributed by atoms with E-state index in [1.807, 2.05) is 40.1 Å². The zero-order valence-corrected chi connectivity index (χ0v) is 35.8. The molecule has 0 radical (unpaired) electrons. The van der Waals surface area contributed by atoms with Crippen LogP contribution in [0.4, 0.5) is 11.4 Å². The molecule has 0 atom stereocenters. The summed E-state index contributed by atoms with van der Waals surface area (Å²) in [6.45, 7) is 8.06. The number of nitro groups is 1. The maximum atomic E-state index is 12.9. The summed E-state index contributed by atoms with van der Waals surface area (Å²) < 4.78 is 33.0. The van der Waals surface area contributed by atoms with Crippen molar-refractivity contribution < 1.29 is 42.9 Å². The van der Waals surface area contributed by atoms with E-state index in [2.05, 4.69) is 25.8 Å². The molecule has 4 aromatic carbocycles. The first-order chi connectivity index (χ1) is 32.2. The molecule has 10 rings (SSSR count). The molecular weight excluding hydrogens is 849 g/mol. The Labute approximate surface area is 379 Å². The molecule has 4 aliphatic rings. The molecule has 0 saturated carbocycles. The highest BCUT2D eigenvalue weighted by molar-refractivity contribution is 5.95. The lowest BCUT2D eigenvalue weighted by Crippen LogP contribution is -2.48. The minimum absolute atomic E-state index is 0.0252. The molecule has 0 bridgehead atoms. The van der Waals surface area contributed by atoms with Gasteiger partial charge in [0.15, 0.2) is 23.0 Å². The Kier molecular flexibility index (Phi) is 13.0. The van der Waals surface area contributed by atoms with Crippen LogP contribution in [0.1, 0.15) is 31.8 Å². The third kappa shape index (κ3) is 10.7. The lowest BCUT2D eigenvalue weighted by molar-refractivity contribution is -0.385. The Morgan fingerprint density at radius 3 is 1.41 bits per heavy atom. The molecule has 2 amide bonds. The van der Waals surface area contributed by atoms with E-state index in [0.717, 1.165) is 74.0 Å². The number of rotatable bonds is 11. The lowest BCUT2D eigenvalue weighted by atomic mass is 10.1. The van der Waals surface area contributed by atoms with Gasteiger partial charge >= 0.3 is 0 Å². The Morgan fingerprint density at radius 1 is 0.561 bits per heavy atom. The van der Waals surface area contributed by atoms with E-state index in [1.54, 1.807) is 66.9 Å². The molecule has 18 nitrogen and oxygen atoms in total. The number of nitrogens with two attached hydrogens (primary N) is 1. The van der Waals surface area contributed by atoms with Gasteiger partial charge in [0, 0.05) is 94.8 Å². The molecule has 66 heavy (non-hydrogen) atoms. The van der Waals surface area contributed by atoms with Crippen molar-refractivity contribution in [2.75, 3.05) is 71.7 Å². The highest BCUT2D eigenvalue weighted by Crippen LogP contribution is 2.34. The summed E-state index contributed by atoms with van der Waals surface area (Å²) in [5, 5.41) is 10.7. The van der Waals surface area contributed by atoms with Crippen molar-refractivity contribution in [2.24, 2.45) is 0 Å². The number of hydrogen-bond donors (Lipinski definition) is 1. The third-order valence-electron chi connectivity index (χ3n) is 11.3. The van der Waals surface area contributed by atoms with Crippen LogP contribution in [0.3, 0.4) is 0 Å². The summed E-state index contributed by atoms with van der Waals surface area (Å²) in [6, 6.07) is 32.1. The van der Waals surface area contributed by atoms with Gasteiger partial charge in [0.25, 0.3) is 17.5 Å². The van der Waals surface area contributed by atoms with Gasteiger partial charge in [-0.1, -0.05) is 12.1 Å². The van der Waals surface area contributed by atoms with Crippen molar-refractivity contribution >= 4 is 23.2 Å². The molecule has 0 aliphatic carbocycles. The quantitative estimate of drug-likeness (QED) is 0.108. The summed E-state index contributed by atoms with van der Waals surface area (Å²) in [5.74, 6) is 4.97. The number of piperazine rings is 2. The number of carbonyl (C=O) groups excluding carboxylic acids is 2. The molecule has 0 unspecified atom stereocenters. The largest absolute Gasteiger partial charge is 0.454 e. The van der Waals surface area contributed by atoms with Crippen LogP contribution < -0.4 is 34.2 Å². The zero-order valence-electron chi connectivity index (χ0n) is 35.8. The Bertz CT molecular complexity index is 2650. The Hall–Kier alpha value is -7.96. The van der Waals surface area contributed by atoms with Crippen molar-refractivity contribution in [3.05, 3.63) is 154 Å². The normalized spacial score (nSPS) is 15.4. The first-order valence-electron chi connectivity index (χ1n) is 21.4. The molecule has 18 heteroatoms. The summed E-state index contributed by atoms with van der Waals surface area (Å²) >= 11 is 0. The smallest absolute Gasteiger partial charge is 0.287 e. The van der Waals surface area contributed by atoms with Gasteiger partial charge in [0.1, 0.15) is 17.7 Å². The lowest BCUT2D eigenvalue weighted by Gasteiger charge is -2.34. The fraction of sp³-hybridized carbons (Fsp3) is 0.250. The van der Waals surface area contributed by atoms with Crippen molar-refractivity contribution in [3.63, 3.8) is 0 Å². The van der Waals surface area contributed by atoms with Crippen molar-refractivity contribution in [1.29, 1.82) is 0 Å². The number of amides is 2. The number of benzene rings is 4. The van der Waals surface area contributed by atoms with E-state index >= 15 is 0 Å². The number of ether oxygens (including phenoxy) is 6. The van der Waals surface area contributed by atoms with Crippen molar-refractivity contribution in [2.45, 2.75) is 13.1 Å². The SMILES string of the molecule is Nc1ccc(Oc2ccc(C(=O)N3CCN(Cc4ccc5c(c4)OCO5)CC3)cc2)nc1.O=C(c1ccc(Oc2ccc([N+](=O)[O-])cn2)cc1)N1CCN(Cc2ccc3c(c2)OCO3)CC1. The number of pyridine rings is 2. The molecule has 2 N–H and O–H groups in total. The minimum atomic E-state index is -0.519. The molecule has 2 saturated heterocycles. The van der Waals surface area contributed by atoms with Gasteiger partial charge in [0.05, 0.1) is 16.8 Å². The average molecular weight is 895 g/mol. The Balaban J connectivity index is 0.000000166. The standard InChI is InChI=1S/C24H22N4O6.C24H24N4O4/c29-24(18-2-5-20(6-3-18)34-23-8-4-19(14-25-23)28(30)31)27-11-9-26(10-12-27)15-17-1-7-21-22(13-17)33-16-32-21;25-19-4-8-23(26-14-19)32-20-5-2-18(3-6-20)24(29)28-11-9-27(10-12-28)15-17-1-7-21-22(13-17)31-16-30-21/h1-8,13-14H,9-12,15-16H2;1-8,13-14H,9-12,15-16,25H2. The first kappa shape index (κ1) is 43.3. The number of aromatic nitrogens is 2. The second-order valence-electron chi connectivity index (χ2n) is 15.8. The summed E-state index contributed by atoms with van der Waals surface area (Å²) in [5.41, 5.74) is 9.67. The van der Waals surface area contributed by atoms with E-state index in [0.29, 0.717) is 60.4 Å². The van der Waals surface area contributed by atoms with Gasteiger partial charge < -0.3 is 44.0 Å². The second-order valence-corrected chi connectivity index (χ2v) is 15.8. The number of hydrogen-bond acceptors (Lipinski definition) is 15. The first-order valence-corrected chi connectivity index (χ1v) is 21.4. The van der Waals surface area contributed by atoms with Gasteiger partial charge in [-0.05, 0) is 90.0 Å². The van der Waals surface area contributed by atoms with E-state index in [4.69, 9.17) is 34.2 Å². The molecule has 4 aliphatic heterocycles. The molecule has 6 aromatic rings. The number of nitrogen functional groups attached to an aromatic ring is 1. The molecule has 6 heterocycles. The fourth-order valence-electron chi connectivity index (χ4n) is 7.74. The number of fused-ring (bicyclic) bond motifs is 2. The number of nitrogens with zero attached hydrogens (tertiary/aromatic N) is 7. The van der Waals surface area contributed by atoms with Crippen LogP contribution in [0.2, 0.25) is 0 Å². The van der Waals surface area contributed by atoms with Crippen LogP contribution in [-0.2, 0) is 13.1 Å². The zero-order chi connectivity index (χ0) is 45.4. The number of carbonyl (C=O) groups is 2. The van der Waals surface area contributed by atoms with Gasteiger partial charge in [-0.15, -0.1) is 0 Å². The second kappa shape index (κ2) is 19.8. The van der Waals surface area contributed by atoms with E-state index in [1.165, 1.54) is 17.7 Å². The predicted octanol–water partition coefficient (Wildman–Crippen LogP) is 6.61. The summed E-state index contributed by atoms with van der Waals surface area (Å²) in [7, 11) is 0. The molecular formula is C48H46N8O10. The molecule has 338 valence electrons. The van der Waals surface area contributed by atoms with Gasteiger partial charge in [0.2, 0.25) is 25.3 Å². The maximum Gasteiger partial charge on any atom is 0.287 e. The molecule has 0 spiro atoms. The van der Waals surface area contributed by atoms with E-state index in [-0.39, 0.29) is 37.0 Å². The van der Waals surface area contributed by atoms with Crippen molar-refractivity contribution in [1.82, 2.24) is 29.6 Å². The summed E-state index contributed by atoms with van der Waals surface area (Å²) in [4.78, 5) is 52.5. The van der Waals surface area contributed by atoms with Gasteiger partial charge in [-0.2, -0.15) is 0 Å². The summed E-state index contributed by atoms with van der Waals surface area (Å²) in [6.07, 6.45) is 2.68. The molecule has 2 fully saturated rings. The predicted molar refractivity (Wildman–Crippen MR) is 240 cm³/mol. The number of anilines is 1. The van der Waals surface area contributed by atoms with Crippen LogP contribution in [0.5, 0.6) is 46.3 Å². The molecule has 2 aromatic heterocycles. The highest BCUT2D eigenvalue weighted by Gasteiger charge is 2.25. The van der Waals surface area contributed by atoms with Gasteiger partial charge in [-0.25, -0.2) is 9.97 Å². The highest BCUT2D eigenvalue weighted by atomic mass is 16.7. The van der Waals surface area contributed by atoms with Crippen LogP contribution >= 0.6 is 0 Å². The van der Waals surface area contributed by atoms with Crippen LogP contribution in [0.25, 0.3) is 0 Å². The van der Waals surface area contributed by atoms with Gasteiger partial charge in [-0.3, -0.25) is 29.5 Å². The fourth-order valence-corrected chi connectivity index (χ4v) is 7.74. The minimum Gasteiger partial charge on any atom is -0.454 e. The maximum absolute atomic E-state index is 12.9.